The van der Waals surface area contributed by atoms with E-state index < -0.39 is 0 Å². The number of nitrogens with zero attached hydrogens (tertiary/aromatic N) is 4. The minimum Gasteiger partial charge on any atom is -0.230 e. The second-order valence-electron chi connectivity index (χ2n) is 2.85. The minimum absolute atomic E-state index is 0.849. The van der Waals surface area contributed by atoms with Crippen LogP contribution in [0.5, 0.6) is 0 Å². The molecule has 1 aromatic rings. The fourth-order valence-electron chi connectivity index (χ4n) is 0.963. The lowest BCUT2D eigenvalue weighted by molar-refractivity contribution is 0.532. The molecular formula is C6H10N4. The normalized spacial score (nSPS) is 17.7. The van der Waals surface area contributed by atoms with Gasteiger partial charge in [-0.2, -0.15) is 0 Å². The molecule has 1 aliphatic carbocycles. The van der Waals surface area contributed by atoms with Crippen molar-refractivity contribution in [3.8, 4) is 0 Å². The smallest absolute Gasteiger partial charge is 0.148 e. The number of hydrogen-bond donors (Lipinski definition) is 0. The molecule has 1 fully saturated rings. The molecule has 4 nitrogen and oxygen atoms in total. The van der Waals surface area contributed by atoms with Gasteiger partial charge in [0.25, 0.3) is 0 Å². The molecule has 1 heterocycles. The van der Waals surface area contributed by atoms with Crippen molar-refractivity contribution < 1.29 is 0 Å². The van der Waals surface area contributed by atoms with Crippen molar-refractivity contribution in [3.63, 3.8) is 0 Å². The summed E-state index contributed by atoms with van der Waals surface area (Å²) >= 11 is 0. The molecule has 0 unspecified atom stereocenters. The predicted molar refractivity (Wildman–Crippen MR) is 35.3 cm³/mol. The van der Waals surface area contributed by atoms with E-state index in [9.17, 15) is 0 Å². The van der Waals surface area contributed by atoms with Gasteiger partial charge in [-0.3, -0.25) is 0 Å². The molecule has 0 bridgehead atoms. The van der Waals surface area contributed by atoms with Gasteiger partial charge in [-0.05, 0) is 36.1 Å². The van der Waals surface area contributed by atoms with E-state index in [4.69, 9.17) is 0 Å². The molecular weight excluding hydrogens is 128 g/mol. The molecule has 0 atom stereocenters. The summed E-state index contributed by atoms with van der Waals surface area (Å²) in [7, 11) is 0. The standard InChI is InChI=1S/C6H10N4/c1-5-7-8-9-10(5)4-6-2-3-6/h6H,2-4H2,1H3. The van der Waals surface area contributed by atoms with Crippen LogP contribution in [0.1, 0.15) is 18.7 Å². The van der Waals surface area contributed by atoms with Gasteiger partial charge in [-0.25, -0.2) is 4.68 Å². The summed E-state index contributed by atoms with van der Waals surface area (Å²) in [6, 6.07) is 0. The van der Waals surface area contributed by atoms with Crippen molar-refractivity contribution in [3.05, 3.63) is 5.82 Å². The molecule has 1 aliphatic rings. The summed E-state index contributed by atoms with van der Waals surface area (Å²) < 4.78 is 1.87. The van der Waals surface area contributed by atoms with E-state index in [-0.39, 0.29) is 0 Å². The van der Waals surface area contributed by atoms with Crippen LogP contribution >= 0.6 is 0 Å². The van der Waals surface area contributed by atoms with Gasteiger partial charge in [0.1, 0.15) is 5.82 Å². The third-order valence-corrected chi connectivity index (χ3v) is 1.84. The molecule has 0 amide bonds. The summed E-state index contributed by atoms with van der Waals surface area (Å²) in [5, 5.41) is 11.2. The predicted octanol–water partition coefficient (Wildman–Crippen LogP) is 0.392. The van der Waals surface area contributed by atoms with E-state index in [1.165, 1.54) is 12.8 Å². The van der Waals surface area contributed by atoms with Gasteiger partial charge in [0.05, 0.1) is 0 Å². The maximum Gasteiger partial charge on any atom is 0.148 e. The number of aromatic nitrogens is 4. The van der Waals surface area contributed by atoms with E-state index >= 15 is 0 Å². The Morgan fingerprint density at radius 1 is 1.60 bits per heavy atom. The number of rotatable bonds is 2. The first kappa shape index (κ1) is 5.82. The van der Waals surface area contributed by atoms with E-state index in [1.54, 1.807) is 0 Å². The van der Waals surface area contributed by atoms with E-state index in [2.05, 4.69) is 15.5 Å². The maximum absolute atomic E-state index is 3.85. The molecule has 0 radical (unpaired) electrons. The largest absolute Gasteiger partial charge is 0.230 e. The highest BCUT2D eigenvalue weighted by Crippen LogP contribution is 2.30. The molecule has 0 aliphatic heterocycles. The Morgan fingerprint density at radius 3 is 2.90 bits per heavy atom. The van der Waals surface area contributed by atoms with Gasteiger partial charge in [0, 0.05) is 6.54 Å². The molecule has 0 aromatic carbocycles. The molecule has 1 saturated carbocycles. The van der Waals surface area contributed by atoms with Crippen LogP contribution in [-0.4, -0.2) is 20.2 Å². The number of hydrogen-bond acceptors (Lipinski definition) is 3. The van der Waals surface area contributed by atoms with Crippen LogP contribution < -0.4 is 0 Å². The topological polar surface area (TPSA) is 43.6 Å². The number of tetrazole rings is 1. The zero-order chi connectivity index (χ0) is 6.97. The van der Waals surface area contributed by atoms with Crippen LogP contribution in [0.4, 0.5) is 0 Å². The van der Waals surface area contributed by atoms with Crippen molar-refractivity contribution in [1.29, 1.82) is 0 Å². The van der Waals surface area contributed by atoms with E-state index in [0.717, 1.165) is 18.3 Å². The van der Waals surface area contributed by atoms with Crippen LogP contribution in [0.15, 0.2) is 0 Å². The first-order valence-corrected chi connectivity index (χ1v) is 3.59. The highest BCUT2D eigenvalue weighted by atomic mass is 15.5. The summed E-state index contributed by atoms with van der Waals surface area (Å²) in [5.41, 5.74) is 0. The van der Waals surface area contributed by atoms with Gasteiger partial charge in [0.15, 0.2) is 0 Å². The Labute approximate surface area is 59.2 Å². The van der Waals surface area contributed by atoms with Gasteiger partial charge in [-0.1, -0.05) is 0 Å². The van der Waals surface area contributed by atoms with Crippen molar-refractivity contribution in [1.82, 2.24) is 20.2 Å². The van der Waals surface area contributed by atoms with Crippen molar-refractivity contribution in [2.75, 3.05) is 0 Å². The maximum atomic E-state index is 3.85. The fourth-order valence-corrected chi connectivity index (χ4v) is 0.963. The Morgan fingerprint density at radius 2 is 2.40 bits per heavy atom. The third kappa shape index (κ3) is 1.01. The summed E-state index contributed by atoms with van der Waals surface area (Å²) in [6.07, 6.45) is 2.69. The van der Waals surface area contributed by atoms with Gasteiger partial charge < -0.3 is 0 Å². The average molecular weight is 138 g/mol. The Balaban J connectivity index is 2.08. The first-order valence-electron chi connectivity index (χ1n) is 3.59. The summed E-state index contributed by atoms with van der Waals surface area (Å²) in [6.45, 7) is 2.95. The number of aryl methyl sites for hydroxylation is 1. The second-order valence-corrected chi connectivity index (χ2v) is 2.85. The third-order valence-electron chi connectivity index (χ3n) is 1.84. The summed E-state index contributed by atoms with van der Waals surface area (Å²) in [4.78, 5) is 0. The fraction of sp³-hybridized carbons (Fsp3) is 0.833. The van der Waals surface area contributed by atoms with Crippen LogP contribution in [0.25, 0.3) is 0 Å². The molecule has 0 spiro atoms. The molecule has 54 valence electrons. The van der Waals surface area contributed by atoms with Crippen molar-refractivity contribution in [2.24, 2.45) is 5.92 Å². The van der Waals surface area contributed by atoms with Crippen LogP contribution in [0, 0.1) is 12.8 Å². The SMILES string of the molecule is Cc1nnnn1CC1CC1. The lowest BCUT2D eigenvalue weighted by Crippen LogP contribution is -2.03. The molecule has 2 rings (SSSR count). The van der Waals surface area contributed by atoms with Gasteiger partial charge >= 0.3 is 0 Å². The quantitative estimate of drug-likeness (QED) is 0.593. The Bertz CT molecular complexity index is 225. The van der Waals surface area contributed by atoms with E-state index in [0.29, 0.717) is 0 Å². The zero-order valence-corrected chi connectivity index (χ0v) is 5.99. The lowest BCUT2D eigenvalue weighted by Gasteiger charge is -1.96. The van der Waals surface area contributed by atoms with Gasteiger partial charge in [-0.15, -0.1) is 5.10 Å². The van der Waals surface area contributed by atoms with Gasteiger partial charge in [0.2, 0.25) is 0 Å². The first-order chi connectivity index (χ1) is 4.86. The average Bonchev–Trinajstić information content (AvgIpc) is 2.62. The van der Waals surface area contributed by atoms with Crippen LogP contribution in [0.2, 0.25) is 0 Å². The molecule has 4 heteroatoms. The second kappa shape index (κ2) is 2.04. The summed E-state index contributed by atoms with van der Waals surface area (Å²) in [5.74, 6) is 1.77. The Kier molecular flexibility index (Phi) is 1.19. The minimum atomic E-state index is 0.849. The van der Waals surface area contributed by atoms with Crippen LogP contribution in [-0.2, 0) is 6.54 Å². The monoisotopic (exact) mass is 138 g/mol. The zero-order valence-electron chi connectivity index (χ0n) is 5.99. The van der Waals surface area contributed by atoms with Crippen LogP contribution in [0.3, 0.4) is 0 Å². The molecule has 10 heavy (non-hydrogen) atoms. The highest BCUT2D eigenvalue weighted by Gasteiger charge is 2.22. The molecule has 1 aromatic heterocycles. The Hall–Kier alpha value is -0.930. The highest BCUT2D eigenvalue weighted by molar-refractivity contribution is 4.79. The molecule has 0 N–H and O–H groups in total. The van der Waals surface area contributed by atoms with E-state index in [1.807, 2.05) is 11.6 Å². The molecule has 0 saturated heterocycles. The van der Waals surface area contributed by atoms with Crippen molar-refractivity contribution in [2.45, 2.75) is 26.3 Å². The van der Waals surface area contributed by atoms with Crippen molar-refractivity contribution >= 4 is 0 Å². The lowest BCUT2D eigenvalue weighted by atomic mass is 10.4.